The summed E-state index contributed by atoms with van der Waals surface area (Å²) in [5.74, 6) is -1.16. The molecule has 12 heteroatoms. The molecule has 0 unspecified atom stereocenters. The molecule has 202 valence electrons. The SMILES string of the molecule is CC(C)(C)Cn1cc([C@H](NS(=O)(=O)C2CC2)C(F)(F)F)c2cc(F)c(-c3ccccc3C(F)(F)F)cc21. The number of aromatic nitrogens is 1. The van der Waals surface area contributed by atoms with E-state index in [0.29, 0.717) is 0 Å². The quantitative estimate of drug-likeness (QED) is 0.330. The summed E-state index contributed by atoms with van der Waals surface area (Å²) in [7, 11) is -4.29. The van der Waals surface area contributed by atoms with Crippen molar-refractivity contribution in [3.8, 4) is 11.1 Å². The Bertz CT molecular complexity index is 1430. The Balaban J connectivity index is 1.97. The first-order valence-corrected chi connectivity index (χ1v) is 13.0. The van der Waals surface area contributed by atoms with E-state index in [2.05, 4.69) is 0 Å². The Morgan fingerprint density at radius 2 is 1.62 bits per heavy atom. The third kappa shape index (κ3) is 5.79. The third-order valence-corrected chi connectivity index (χ3v) is 7.97. The Kier molecular flexibility index (Phi) is 6.68. The van der Waals surface area contributed by atoms with Crippen LogP contribution in [0.25, 0.3) is 22.0 Å². The molecule has 1 aliphatic carbocycles. The van der Waals surface area contributed by atoms with Gasteiger partial charge < -0.3 is 4.57 Å². The highest BCUT2D eigenvalue weighted by molar-refractivity contribution is 7.90. The van der Waals surface area contributed by atoms with Gasteiger partial charge in [-0.1, -0.05) is 39.0 Å². The van der Waals surface area contributed by atoms with Crippen molar-refractivity contribution in [2.24, 2.45) is 5.41 Å². The van der Waals surface area contributed by atoms with Gasteiger partial charge >= 0.3 is 12.4 Å². The summed E-state index contributed by atoms with van der Waals surface area (Å²) in [4.78, 5) is 0. The fourth-order valence-electron chi connectivity index (χ4n) is 4.33. The molecular formula is C25H25F7N2O2S. The van der Waals surface area contributed by atoms with Crippen molar-refractivity contribution >= 4 is 20.9 Å². The highest BCUT2D eigenvalue weighted by atomic mass is 32.2. The number of nitrogens with one attached hydrogen (secondary N) is 1. The van der Waals surface area contributed by atoms with Crippen molar-refractivity contribution in [3.63, 3.8) is 0 Å². The highest BCUT2D eigenvalue weighted by Gasteiger charge is 2.48. The smallest absolute Gasteiger partial charge is 0.347 e. The standard InChI is InChI=1S/C25H25F7N2O2S/c1-23(2,3)13-34-12-18(22(25(30,31)32)33-37(35,36)14-8-9-14)17-10-20(26)16(11-21(17)34)15-6-4-5-7-19(15)24(27,28)29/h4-7,10-12,14,22,33H,8-9,13H2,1-3H3/t22-/m0/s1. The van der Waals surface area contributed by atoms with Gasteiger partial charge in [0.2, 0.25) is 10.0 Å². The predicted molar refractivity (Wildman–Crippen MR) is 126 cm³/mol. The van der Waals surface area contributed by atoms with E-state index in [1.54, 1.807) is 25.5 Å². The van der Waals surface area contributed by atoms with Gasteiger partial charge in [0.25, 0.3) is 0 Å². The van der Waals surface area contributed by atoms with Crippen LogP contribution in [-0.2, 0) is 22.7 Å². The van der Waals surface area contributed by atoms with Crippen molar-refractivity contribution in [2.75, 3.05) is 0 Å². The average molecular weight is 551 g/mol. The fourth-order valence-corrected chi connectivity index (χ4v) is 5.86. The van der Waals surface area contributed by atoms with Gasteiger partial charge in [0.05, 0.1) is 10.8 Å². The first-order valence-electron chi connectivity index (χ1n) is 11.5. The molecule has 0 saturated heterocycles. The van der Waals surface area contributed by atoms with Crippen LogP contribution in [-0.4, -0.2) is 24.4 Å². The topological polar surface area (TPSA) is 51.1 Å². The molecule has 1 heterocycles. The van der Waals surface area contributed by atoms with Gasteiger partial charge in [0.1, 0.15) is 11.9 Å². The molecule has 0 radical (unpaired) electrons. The van der Waals surface area contributed by atoms with Gasteiger partial charge in [-0.3, -0.25) is 0 Å². The van der Waals surface area contributed by atoms with Crippen LogP contribution >= 0.6 is 0 Å². The maximum absolute atomic E-state index is 15.3. The van der Waals surface area contributed by atoms with E-state index in [9.17, 15) is 34.8 Å². The maximum Gasteiger partial charge on any atom is 0.417 e. The van der Waals surface area contributed by atoms with E-state index in [0.717, 1.165) is 36.5 Å². The van der Waals surface area contributed by atoms with Gasteiger partial charge in [0.15, 0.2) is 0 Å². The van der Waals surface area contributed by atoms with Gasteiger partial charge in [-0.2, -0.15) is 31.1 Å². The molecule has 1 fully saturated rings. The molecule has 1 N–H and O–H groups in total. The largest absolute Gasteiger partial charge is 0.417 e. The first kappa shape index (κ1) is 27.4. The summed E-state index contributed by atoms with van der Waals surface area (Å²) < 4.78 is 127. The van der Waals surface area contributed by atoms with E-state index in [1.165, 1.54) is 10.6 Å². The van der Waals surface area contributed by atoms with Crippen LogP contribution < -0.4 is 4.72 Å². The minimum Gasteiger partial charge on any atom is -0.347 e. The molecule has 1 saturated carbocycles. The van der Waals surface area contributed by atoms with Crippen LogP contribution in [0.4, 0.5) is 30.7 Å². The summed E-state index contributed by atoms with van der Waals surface area (Å²) >= 11 is 0. The molecule has 0 amide bonds. The van der Waals surface area contributed by atoms with Crippen LogP contribution in [0.3, 0.4) is 0 Å². The number of fused-ring (bicyclic) bond motifs is 1. The van der Waals surface area contributed by atoms with Crippen molar-refractivity contribution in [1.82, 2.24) is 9.29 Å². The molecule has 0 bridgehead atoms. The van der Waals surface area contributed by atoms with E-state index < -0.39 is 67.2 Å². The summed E-state index contributed by atoms with van der Waals surface area (Å²) in [6.45, 7) is 5.55. The number of sulfonamides is 1. The minimum absolute atomic E-state index is 0.0539. The van der Waals surface area contributed by atoms with E-state index >= 15 is 4.39 Å². The number of nitrogens with zero attached hydrogens (tertiary/aromatic N) is 1. The van der Waals surface area contributed by atoms with Crippen molar-refractivity contribution in [3.05, 3.63) is 59.5 Å². The van der Waals surface area contributed by atoms with Crippen LogP contribution in [0.1, 0.15) is 50.8 Å². The third-order valence-electron chi connectivity index (χ3n) is 6.05. The summed E-state index contributed by atoms with van der Waals surface area (Å²) in [5.41, 5.74) is -2.93. The molecule has 0 aliphatic heterocycles. The number of halogens is 7. The number of hydrogen-bond donors (Lipinski definition) is 1. The van der Waals surface area contributed by atoms with Crippen molar-refractivity contribution in [2.45, 2.75) is 63.8 Å². The molecule has 1 atom stereocenters. The van der Waals surface area contributed by atoms with E-state index in [1.807, 2.05) is 0 Å². The molecule has 1 aliphatic rings. The van der Waals surface area contributed by atoms with Crippen molar-refractivity contribution in [1.29, 1.82) is 0 Å². The minimum atomic E-state index is -5.05. The van der Waals surface area contributed by atoms with Crippen LogP contribution in [0.15, 0.2) is 42.6 Å². The number of hydrogen-bond acceptors (Lipinski definition) is 2. The van der Waals surface area contributed by atoms with Crippen LogP contribution in [0.2, 0.25) is 0 Å². The molecule has 2 aromatic carbocycles. The molecule has 4 rings (SSSR count). The molecule has 0 spiro atoms. The Labute approximate surface area is 209 Å². The number of rotatable bonds is 6. The van der Waals surface area contributed by atoms with Gasteiger partial charge in [-0.25, -0.2) is 12.8 Å². The van der Waals surface area contributed by atoms with E-state index in [-0.39, 0.29) is 30.3 Å². The van der Waals surface area contributed by atoms with Crippen LogP contribution in [0, 0.1) is 11.2 Å². The second-order valence-corrected chi connectivity index (χ2v) is 12.5. The van der Waals surface area contributed by atoms with Gasteiger partial charge in [-0.05, 0) is 42.0 Å². The second kappa shape index (κ2) is 9.00. The predicted octanol–water partition coefficient (Wildman–Crippen LogP) is 7.20. The van der Waals surface area contributed by atoms with Crippen molar-refractivity contribution < 1.29 is 39.2 Å². The Morgan fingerprint density at radius 3 is 2.16 bits per heavy atom. The zero-order chi connectivity index (χ0) is 27.6. The number of benzene rings is 2. The first-order chi connectivity index (χ1) is 16.9. The fraction of sp³-hybridized carbons (Fsp3) is 0.440. The average Bonchev–Trinajstić information content (AvgIpc) is 3.55. The van der Waals surface area contributed by atoms with Gasteiger partial charge in [0, 0.05) is 34.8 Å². The Hall–Kier alpha value is -2.60. The maximum atomic E-state index is 15.3. The lowest BCUT2D eigenvalue weighted by Crippen LogP contribution is -2.39. The molecule has 3 aromatic rings. The number of alkyl halides is 6. The lowest BCUT2D eigenvalue weighted by molar-refractivity contribution is -0.152. The normalized spacial score (nSPS) is 16.4. The zero-order valence-electron chi connectivity index (χ0n) is 20.1. The van der Waals surface area contributed by atoms with Crippen LogP contribution in [0.5, 0.6) is 0 Å². The molecular weight excluding hydrogens is 525 g/mol. The molecule has 1 aromatic heterocycles. The summed E-state index contributed by atoms with van der Waals surface area (Å²) in [5, 5.41) is -1.17. The lowest BCUT2D eigenvalue weighted by Gasteiger charge is -2.22. The highest BCUT2D eigenvalue weighted by Crippen LogP contribution is 2.43. The van der Waals surface area contributed by atoms with Gasteiger partial charge in [-0.15, -0.1) is 0 Å². The molecule has 37 heavy (non-hydrogen) atoms. The monoisotopic (exact) mass is 550 g/mol. The Morgan fingerprint density at radius 1 is 1.00 bits per heavy atom. The van der Waals surface area contributed by atoms with E-state index in [4.69, 9.17) is 0 Å². The lowest BCUT2D eigenvalue weighted by atomic mass is 9.95. The second-order valence-electron chi connectivity index (χ2n) is 10.5. The zero-order valence-corrected chi connectivity index (χ0v) is 21.0. The molecule has 4 nitrogen and oxygen atoms in total. The summed E-state index contributed by atoms with van der Waals surface area (Å²) in [6.07, 6.45) is -8.27. The summed E-state index contributed by atoms with van der Waals surface area (Å²) in [6, 6.07) is 3.53.